The number of hydrogen-bond donors (Lipinski definition) is 2. The molecule has 0 aliphatic rings. The Kier molecular flexibility index (Phi) is 4.25. The molecule has 0 aliphatic heterocycles. The maximum Gasteiger partial charge on any atom is 0.261 e. The highest BCUT2D eigenvalue weighted by atomic mass is 32.1. The predicted octanol–water partition coefficient (Wildman–Crippen LogP) is 3.46. The molecule has 0 aromatic carbocycles. The molecule has 1 N–H and O–H groups in total. The number of thiophene rings is 2. The first-order valence-corrected chi connectivity index (χ1v) is 7.46. The quantitative estimate of drug-likeness (QED) is 0.827. The molecule has 0 fully saturated rings. The summed E-state index contributed by atoms with van der Waals surface area (Å²) in [7, 11) is 0. The Labute approximate surface area is 114 Å². The number of nitrogens with one attached hydrogen (secondary N) is 1. The first-order valence-electron chi connectivity index (χ1n) is 5.26. The molecule has 1 atom stereocenters. The van der Waals surface area contributed by atoms with Crippen molar-refractivity contribution in [3.63, 3.8) is 0 Å². The molecule has 2 aromatic rings. The largest absolute Gasteiger partial charge is 0.349 e. The Hall–Kier alpha value is -0.780. The first kappa shape index (κ1) is 12.7. The van der Waals surface area contributed by atoms with Crippen LogP contribution in [0.5, 0.6) is 0 Å². The highest BCUT2D eigenvalue weighted by Gasteiger charge is 2.12. The van der Waals surface area contributed by atoms with E-state index in [1.807, 2.05) is 18.4 Å². The van der Waals surface area contributed by atoms with Crippen LogP contribution in [0.3, 0.4) is 0 Å². The predicted molar refractivity (Wildman–Crippen MR) is 76.5 cm³/mol. The van der Waals surface area contributed by atoms with Gasteiger partial charge in [0.25, 0.3) is 5.91 Å². The molecule has 0 saturated heterocycles. The zero-order chi connectivity index (χ0) is 12.3. The van der Waals surface area contributed by atoms with E-state index in [0.29, 0.717) is 4.88 Å². The van der Waals surface area contributed by atoms with Gasteiger partial charge in [0.05, 0.1) is 4.88 Å². The molecule has 0 saturated carbocycles. The minimum Gasteiger partial charge on any atom is -0.349 e. The molecule has 0 radical (unpaired) electrons. The third-order valence-corrected chi connectivity index (χ3v) is 4.53. The van der Waals surface area contributed by atoms with Crippen molar-refractivity contribution >= 4 is 41.2 Å². The van der Waals surface area contributed by atoms with Crippen LogP contribution in [0.25, 0.3) is 0 Å². The van der Waals surface area contributed by atoms with Crippen LogP contribution >= 0.6 is 35.3 Å². The average Bonchev–Trinajstić information content (AvgIpc) is 2.89. The van der Waals surface area contributed by atoms with Crippen molar-refractivity contribution in [2.24, 2.45) is 0 Å². The third kappa shape index (κ3) is 3.59. The lowest BCUT2D eigenvalue weighted by Crippen LogP contribution is -2.33. The van der Waals surface area contributed by atoms with Crippen molar-refractivity contribution < 1.29 is 4.79 Å². The van der Waals surface area contributed by atoms with E-state index >= 15 is 0 Å². The highest BCUT2D eigenvalue weighted by Crippen LogP contribution is 2.18. The van der Waals surface area contributed by atoms with Gasteiger partial charge < -0.3 is 5.32 Å². The van der Waals surface area contributed by atoms with Crippen molar-refractivity contribution in [2.45, 2.75) is 24.3 Å². The Balaban J connectivity index is 1.90. The van der Waals surface area contributed by atoms with E-state index in [1.54, 1.807) is 17.4 Å². The summed E-state index contributed by atoms with van der Waals surface area (Å²) < 4.78 is 0. The first-order chi connectivity index (χ1) is 8.15. The topological polar surface area (TPSA) is 29.1 Å². The molecule has 17 heavy (non-hydrogen) atoms. The molecule has 0 bridgehead atoms. The van der Waals surface area contributed by atoms with Crippen LogP contribution in [0.2, 0.25) is 0 Å². The number of amides is 1. The molecule has 1 amide bonds. The van der Waals surface area contributed by atoms with Crippen LogP contribution in [0.4, 0.5) is 0 Å². The fourth-order valence-electron chi connectivity index (χ4n) is 1.52. The number of rotatable bonds is 4. The van der Waals surface area contributed by atoms with E-state index < -0.39 is 0 Å². The van der Waals surface area contributed by atoms with Crippen LogP contribution in [-0.2, 0) is 6.42 Å². The van der Waals surface area contributed by atoms with E-state index in [2.05, 4.69) is 29.4 Å². The maximum absolute atomic E-state index is 11.9. The van der Waals surface area contributed by atoms with Gasteiger partial charge in [0.2, 0.25) is 0 Å². The van der Waals surface area contributed by atoms with Crippen LogP contribution in [0, 0.1) is 0 Å². The summed E-state index contributed by atoms with van der Waals surface area (Å²) in [5, 5.41) is 6.91. The number of thiol groups is 1. The SMILES string of the molecule is CC(Cc1cccs1)NC(=O)c1cc(S)cs1. The van der Waals surface area contributed by atoms with Gasteiger partial charge in [-0.1, -0.05) is 6.07 Å². The fourth-order valence-corrected chi connectivity index (χ4v) is 3.41. The van der Waals surface area contributed by atoms with Gasteiger partial charge in [-0.05, 0) is 24.4 Å². The Morgan fingerprint density at radius 1 is 1.53 bits per heavy atom. The molecule has 2 aromatic heterocycles. The lowest BCUT2D eigenvalue weighted by atomic mass is 10.2. The van der Waals surface area contributed by atoms with Crippen LogP contribution in [-0.4, -0.2) is 11.9 Å². The number of hydrogen-bond acceptors (Lipinski definition) is 4. The summed E-state index contributed by atoms with van der Waals surface area (Å²) in [6.45, 7) is 2.02. The Bertz CT molecular complexity index is 490. The second-order valence-electron chi connectivity index (χ2n) is 3.83. The summed E-state index contributed by atoms with van der Waals surface area (Å²) >= 11 is 7.33. The maximum atomic E-state index is 11.9. The monoisotopic (exact) mass is 283 g/mol. The van der Waals surface area contributed by atoms with E-state index in [0.717, 1.165) is 11.3 Å². The smallest absolute Gasteiger partial charge is 0.261 e. The summed E-state index contributed by atoms with van der Waals surface area (Å²) in [5.41, 5.74) is 0. The molecular formula is C12H13NOS3. The third-order valence-electron chi connectivity index (χ3n) is 2.27. The zero-order valence-electron chi connectivity index (χ0n) is 9.34. The lowest BCUT2D eigenvalue weighted by Gasteiger charge is -2.11. The van der Waals surface area contributed by atoms with E-state index in [4.69, 9.17) is 0 Å². The van der Waals surface area contributed by atoms with Gasteiger partial charge in [-0.2, -0.15) is 0 Å². The fraction of sp³-hybridized carbons (Fsp3) is 0.250. The van der Waals surface area contributed by atoms with E-state index in [9.17, 15) is 4.79 Å². The van der Waals surface area contributed by atoms with Crippen molar-refractivity contribution in [3.05, 3.63) is 38.7 Å². The highest BCUT2D eigenvalue weighted by molar-refractivity contribution is 7.80. The second kappa shape index (κ2) is 5.71. The van der Waals surface area contributed by atoms with Crippen LogP contribution in [0.1, 0.15) is 21.5 Å². The molecular weight excluding hydrogens is 270 g/mol. The van der Waals surface area contributed by atoms with Gasteiger partial charge in [0.15, 0.2) is 0 Å². The van der Waals surface area contributed by atoms with Gasteiger partial charge in [0, 0.05) is 27.6 Å². The summed E-state index contributed by atoms with van der Waals surface area (Å²) in [5.74, 6) is -0.0145. The molecule has 2 nitrogen and oxygen atoms in total. The van der Waals surface area contributed by atoms with Gasteiger partial charge in [-0.25, -0.2) is 0 Å². The normalized spacial score (nSPS) is 12.4. The second-order valence-corrected chi connectivity index (χ2v) is 6.29. The average molecular weight is 283 g/mol. The molecule has 1 unspecified atom stereocenters. The summed E-state index contributed by atoms with van der Waals surface area (Å²) in [6, 6.07) is 6.05. The van der Waals surface area contributed by atoms with Gasteiger partial charge in [-0.15, -0.1) is 35.3 Å². The Morgan fingerprint density at radius 2 is 2.35 bits per heavy atom. The molecule has 0 spiro atoms. The summed E-state index contributed by atoms with van der Waals surface area (Å²) in [4.78, 5) is 14.7. The van der Waals surface area contributed by atoms with Crippen molar-refractivity contribution in [1.82, 2.24) is 5.32 Å². The van der Waals surface area contributed by atoms with E-state index in [1.165, 1.54) is 16.2 Å². The van der Waals surface area contributed by atoms with Crippen molar-refractivity contribution in [3.8, 4) is 0 Å². The Morgan fingerprint density at radius 3 is 2.94 bits per heavy atom. The van der Waals surface area contributed by atoms with Gasteiger partial charge in [-0.3, -0.25) is 4.79 Å². The minimum atomic E-state index is -0.0145. The molecule has 0 aliphatic carbocycles. The molecule has 90 valence electrons. The number of carbonyl (C=O) groups is 1. The standard InChI is InChI=1S/C12H13NOS3/c1-8(5-10-3-2-4-16-10)13-12(14)11-6-9(15)7-17-11/h2-4,6-8,15H,5H2,1H3,(H,13,14). The summed E-state index contributed by atoms with van der Waals surface area (Å²) in [6.07, 6.45) is 0.877. The lowest BCUT2D eigenvalue weighted by molar-refractivity contribution is 0.0944. The number of carbonyl (C=O) groups excluding carboxylic acids is 1. The molecule has 2 heterocycles. The van der Waals surface area contributed by atoms with Crippen molar-refractivity contribution in [1.29, 1.82) is 0 Å². The zero-order valence-corrected chi connectivity index (χ0v) is 11.9. The van der Waals surface area contributed by atoms with Crippen LogP contribution in [0.15, 0.2) is 33.9 Å². The van der Waals surface area contributed by atoms with Gasteiger partial charge >= 0.3 is 0 Å². The van der Waals surface area contributed by atoms with Gasteiger partial charge in [0.1, 0.15) is 0 Å². The molecule has 5 heteroatoms. The minimum absolute atomic E-state index is 0.0145. The van der Waals surface area contributed by atoms with Crippen LogP contribution < -0.4 is 5.32 Å². The van der Waals surface area contributed by atoms with Crippen molar-refractivity contribution in [2.75, 3.05) is 0 Å². The van der Waals surface area contributed by atoms with E-state index in [-0.39, 0.29) is 11.9 Å². The molecule has 2 rings (SSSR count).